The van der Waals surface area contributed by atoms with Crippen LogP contribution in [0.1, 0.15) is 41.6 Å². The van der Waals surface area contributed by atoms with Crippen LogP contribution in [0.2, 0.25) is 0 Å². The standard InChI is InChI=1S/C25H28BrN5O4S/c26-20-16-19-6-5-12-27-23(19)22(17-20)24(32)28-13-11-18-7-9-21(10-8-18)36(34,35)30-25(33)29-31-14-3-1-2-4-15-31/h5-10,12,16-17H,1-4,11,13-15H2,(H,28,32)(H2,29,30,33). The first-order valence-corrected chi connectivity index (χ1v) is 14.1. The van der Waals surface area contributed by atoms with Gasteiger partial charge in [-0.15, -0.1) is 0 Å². The third-order valence-electron chi connectivity index (χ3n) is 5.94. The second kappa shape index (κ2) is 11.8. The van der Waals surface area contributed by atoms with Crippen LogP contribution in [0.5, 0.6) is 0 Å². The molecule has 36 heavy (non-hydrogen) atoms. The van der Waals surface area contributed by atoms with Gasteiger partial charge in [-0.05, 0) is 55.2 Å². The lowest BCUT2D eigenvalue weighted by atomic mass is 10.1. The van der Waals surface area contributed by atoms with Crippen LogP contribution >= 0.6 is 15.9 Å². The van der Waals surface area contributed by atoms with Gasteiger partial charge in [0.15, 0.2) is 0 Å². The van der Waals surface area contributed by atoms with Crippen LogP contribution in [-0.2, 0) is 16.4 Å². The smallest absolute Gasteiger partial charge is 0.343 e. The lowest BCUT2D eigenvalue weighted by molar-refractivity contribution is 0.0955. The van der Waals surface area contributed by atoms with E-state index in [0.717, 1.165) is 41.1 Å². The molecule has 2 aromatic carbocycles. The predicted octanol–water partition coefficient (Wildman–Crippen LogP) is 3.75. The summed E-state index contributed by atoms with van der Waals surface area (Å²) < 4.78 is 28.1. The Morgan fingerprint density at radius 3 is 2.44 bits per heavy atom. The number of urea groups is 1. The van der Waals surface area contributed by atoms with Crippen LogP contribution in [0, 0.1) is 0 Å². The molecule has 9 nitrogen and oxygen atoms in total. The van der Waals surface area contributed by atoms with Crippen LogP contribution in [0.15, 0.2) is 64.1 Å². The normalized spacial score (nSPS) is 14.7. The van der Waals surface area contributed by atoms with E-state index in [-0.39, 0.29) is 10.8 Å². The number of halogens is 1. The minimum Gasteiger partial charge on any atom is -0.352 e. The lowest BCUT2D eigenvalue weighted by Gasteiger charge is -2.20. The number of carbonyl (C=O) groups excluding carboxylic acids is 2. The molecule has 0 saturated carbocycles. The zero-order chi connectivity index (χ0) is 25.5. The van der Waals surface area contributed by atoms with Crippen molar-refractivity contribution >= 4 is 48.8 Å². The average Bonchev–Trinajstić information content (AvgIpc) is 3.12. The van der Waals surface area contributed by atoms with Gasteiger partial charge in [-0.3, -0.25) is 15.2 Å². The number of aromatic nitrogens is 1. The van der Waals surface area contributed by atoms with Gasteiger partial charge in [0, 0.05) is 35.7 Å². The van der Waals surface area contributed by atoms with Crippen molar-refractivity contribution in [2.45, 2.75) is 37.0 Å². The summed E-state index contributed by atoms with van der Waals surface area (Å²) in [6.07, 6.45) is 6.29. The summed E-state index contributed by atoms with van der Waals surface area (Å²) in [5, 5.41) is 5.51. The van der Waals surface area contributed by atoms with Gasteiger partial charge in [-0.25, -0.2) is 22.9 Å². The Hall–Kier alpha value is -3.02. The minimum absolute atomic E-state index is 0.00650. The molecule has 0 unspecified atom stereocenters. The van der Waals surface area contributed by atoms with E-state index in [9.17, 15) is 18.0 Å². The number of carbonyl (C=O) groups is 2. The summed E-state index contributed by atoms with van der Waals surface area (Å²) in [6.45, 7) is 1.77. The molecule has 1 aliphatic rings. The van der Waals surface area contributed by atoms with Gasteiger partial charge >= 0.3 is 6.03 Å². The second-order valence-electron chi connectivity index (χ2n) is 8.63. The van der Waals surface area contributed by atoms with Gasteiger partial charge in [-0.1, -0.05) is 47.0 Å². The fraction of sp³-hybridized carbons (Fsp3) is 0.320. The topological polar surface area (TPSA) is 121 Å². The number of sulfonamides is 1. The summed E-state index contributed by atoms with van der Waals surface area (Å²) in [5.41, 5.74) is 4.57. The summed E-state index contributed by atoms with van der Waals surface area (Å²) in [5.74, 6) is -0.237. The Morgan fingerprint density at radius 1 is 1.00 bits per heavy atom. The van der Waals surface area contributed by atoms with Gasteiger partial charge in [0.05, 0.1) is 16.0 Å². The molecule has 2 heterocycles. The maximum absolute atomic E-state index is 12.8. The highest BCUT2D eigenvalue weighted by molar-refractivity contribution is 9.10. The third kappa shape index (κ3) is 6.80. The highest BCUT2D eigenvalue weighted by Gasteiger charge is 2.20. The first kappa shape index (κ1) is 26.1. The van der Waals surface area contributed by atoms with Crippen LogP contribution < -0.4 is 15.5 Å². The molecule has 4 rings (SSSR count). The number of hydrogen-bond acceptors (Lipinski definition) is 6. The van der Waals surface area contributed by atoms with Crippen LogP contribution in [0.3, 0.4) is 0 Å². The molecule has 0 aliphatic carbocycles. The number of rotatable bonds is 7. The fourth-order valence-corrected chi connectivity index (χ4v) is 5.49. The Labute approximate surface area is 218 Å². The van der Waals surface area contributed by atoms with E-state index in [2.05, 4.69) is 36.4 Å². The van der Waals surface area contributed by atoms with E-state index in [4.69, 9.17) is 0 Å². The highest BCUT2D eigenvalue weighted by Crippen LogP contribution is 2.22. The molecule has 1 fully saturated rings. The number of benzene rings is 2. The van der Waals surface area contributed by atoms with Crippen LogP contribution in [0.25, 0.3) is 10.9 Å². The molecule has 0 radical (unpaired) electrons. The van der Waals surface area contributed by atoms with E-state index in [1.165, 1.54) is 12.1 Å². The van der Waals surface area contributed by atoms with E-state index < -0.39 is 16.1 Å². The van der Waals surface area contributed by atoms with Gasteiger partial charge in [-0.2, -0.15) is 0 Å². The quantitative estimate of drug-likeness (QED) is 0.396. The molecule has 11 heteroatoms. The number of fused-ring (bicyclic) bond motifs is 1. The Morgan fingerprint density at radius 2 is 1.72 bits per heavy atom. The Bertz CT molecular complexity index is 1340. The fourth-order valence-electron chi connectivity index (χ4n) is 4.11. The Kier molecular flexibility index (Phi) is 8.55. The van der Waals surface area contributed by atoms with Gasteiger partial charge < -0.3 is 5.32 Å². The molecule has 190 valence electrons. The molecule has 3 amide bonds. The average molecular weight is 575 g/mol. The predicted molar refractivity (Wildman–Crippen MR) is 141 cm³/mol. The summed E-state index contributed by atoms with van der Waals surface area (Å²) >= 11 is 3.43. The monoisotopic (exact) mass is 573 g/mol. The van der Waals surface area contributed by atoms with Crippen molar-refractivity contribution in [2.24, 2.45) is 0 Å². The van der Waals surface area contributed by atoms with Crippen LogP contribution in [-0.4, -0.2) is 50.0 Å². The van der Waals surface area contributed by atoms with Gasteiger partial charge in [0.2, 0.25) is 0 Å². The van der Waals surface area contributed by atoms with Crippen molar-refractivity contribution in [1.82, 2.24) is 25.5 Å². The highest BCUT2D eigenvalue weighted by atomic mass is 79.9. The van der Waals surface area contributed by atoms with Crippen molar-refractivity contribution < 1.29 is 18.0 Å². The zero-order valence-corrected chi connectivity index (χ0v) is 22.1. The number of hydrogen-bond donors (Lipinski definition) is 3. The SMILES string of the molecule is O=C(NN1CCCCCC1)NS(=O)(=O)c1ccc(CCNC(=O)c2cc(Br)cc3cccnc23)cc1. The minimum atomic E-state index is -4.00. The molecular weight excluding hydrogens is 546 g/mol. The van der Waals surface area contributed by atoms with Gasteiger partial charge in [0.25, 0.3) is 15.9 Å². The summed E-state index contributed by atoms with van der Waals surface area (Å²) in [7, 11) is -4.00. The first-order chi connectivity index (χ1) is 17.3. The van der Waals surface area contributed by atoms with Crippen LogP contribution in [0.4, 0.5) is 4.79 Å². The molecule has 0 spiro atoms. The molecule has 0 bridgehead atoms. The number of nitrogens with one attached hydrogen (secondary N) is 3. The van der Waals surface area contributed by atoms with E-state index >= 15 is 0 Å². The maximum atomic E-state index is 12.8. The van der Waals surface area contributed by atoms with E-state index in [1.807, 2.05) is 18.2 Å². The second-order valence-corrected chi connectivity index (χ2v) is 11.2. The number of amides is 3. The first-order valence-electron chi connectivity index (χ1n) is 11.8. The molecular formula is C25H28BrN5O4S. The van der Waals surface area contributed by atoms with Crippen molar-refractivity contribution in [3.63, 3.8) is 0 Å². The molecule has 1 aliphatic heterocycles. The Balaban J connectivity index is 1.31. The zero-order valence-electron chi connectivity index (χ0n) is 19.7. The van der Waals surface area contributed by atoms with Crippen molar-refractivity contribution in [1.29, 1.82) is 0 Å². The number of hydrazine groups is 1. The van der Waals surface area contributed by atoms with Crippen molar-refractivity contribution in [3.8, 4) is 0 Å². The number of pyridine rings is 1. The van der Waals surface area contributed by atoms with E-state index in [0.29, 0.717) is 37.1 Å². The lowest BCUT2D eigenvalue weighted by Crippen LogP contribution is -2.49. The molecule has 1 saturated heterocycles. The van der Waals surface area contributed by atoms with Gasteiger partial charge in [0.1, 0.15) is 0 Å². The summed E-state index contributed by atoms with van der Waals surface area (Å²) in [6, 6.07) is 12.8. The maximum Gasteiger partial charge on any atom is 0.343 e. The van der Waals surface area contributed by atoms with Crippen molar-refractivity contribution in [2.75, 3.05) is 19.6 Å². The molecule has 3 N–H and O–H groups in total. The molecule has 1 aromatic heterocycles. The largest absolute Gasteiger partial charge is 0.352 e. The third-order valence-corrected chi connectivity index (χ3v) is 7.74. The molecule has 3 aromatic rings. The summed E-state index contributed by atoms with van der Waals surface area (Å²) in [4.78, 5) is 29.3. The number of nitrogens with zero attached hydrogens (tertiary/aromatic N) is 2. The molecule has 0 atom stereocenters. The van der Waals surface area contributed by atoms with E-state index in [1.54, 1.807) is 29.4 Å². The van der Waals surface area contributed by atoms with Crippen molar-refractivity contribution in [3.05, 3.63) is 70.3 Å².